The number of ether oxygens (including phenoxy) is 6. The van der Waals surface area contributed by atoms with Crippen LogP contribution >= 0.6 is 0 Å². The predicted octanol–water partition coefficient (Wildman–Crippen LogP) is 2.32. The lowest BCUT2D eigenvalue weighted by Gasteiger charge is -2.44. The Bertz CT molecular complexity index is 2100. The summed E-state index contributed by atoms with van der Waals surface area (Å²) in [7, 11) is 2.72. The van der Waals surface area contributed by atoms with Crippen molar-refractivity contribution < 1.29 is 67.8 Å². The number of nitrogens with zero attached hydrogens (tertiary/aromatic N) is 4. The maximum Gasteiger partial charge on any atom is 0.434 e. The Hall–Kier alpha value is -5.47. The second-order valence-corrected chi connectivity index (χ2v) is 13.5. The van der Waals surface area contributed by atoms with Crippen molar-refractivity contribution in [3.63, 3.8) is 0 Å². The molecule has 2 aliphatic heterocycles. The zero-order chi connectivity index (χ0) is 38.8. The van der Waals surface area contributed by atoms with Gasteiger partial charge in [0.1, 0.15) is 48.7 Å². The Morgan fingerprint density at radius 1 is 1.15 bits per heavy atom. The summed E-state index contributed by atoms with van der Waals surface area (Å²) in [5.41, 5.74) is -3.32. The van der Waals surface area contributed by atoms with Gasteiger partial charge in [-0.2, -0.15) is 0 Å². The van der Waals surface area contributed by atoms with E-state index < -0.39 is 106 Å². The Morgan fingerprint density at radius 3 is 2.57 bits per heavy atom. The van der Waals surface area contributed by atoms with E-state index in [1.807, 2.05) is 0 Å². The molecule has 7 rings (SSSR count). The zero-order valence-corrected chi connectivity index (χ0v) is 29.5. The molecule has 3 heterocycles. The number of methoxy groups -OCH3 is 1. The summed E-state index contributed by atoms with van der Waals surface area (Å²) in [6.45, 7) is 1.98. The van der Waals surface area contributed by atoms with E-state index in [-0.39, 0.29) is 60.2 Å². The SMILES string of the molecule is COc1cccc2c1C(=O)c1c(O)c3c(c(O)c1C2=O)CC(O)(C(C)=O)CC3OC1CC2C(OCOCN2C(=O)OCc2cnc([N+](=O)[O-])n2C)C(C)O1. The molecule has 3 aromatic rings. The van der Waals surface area contributed by atoms with E-state index in [9.17, 15) is 44.6 Å². The number of phenols is 2. The number of nitro groups is 1. The van der Waals surface area contributed by atoms with Crippen LogP contribution in [0.3, 0.4) is 0 Å². The molecule has 6 unspecified atom stereocenters. The lowest BCUT2D eigenvalue weighted by atomic mass is 9.72. The third-order valence-electron chi connectivity index (χ3n) is 10.5. The number of amides is 1. The Morgan fingerprint density at radius 2 is 1.89 bits per heavy atom. The fraction of sp³-hybridized carbons (Fsp3) is 0.457. The summed E-state index contributed by atoms with van der Waals surface area (Å²) in [6.07, 6.45) is -4.78. The number of Topliss-reactive ketones (excluding diaryl/α,β-unsaturated/α-hetero) is 1. The Labute approximate surface area is 306 Å². The van der Waals surface area contributed by atoms with Crippen LogP contribution in [-0.2, 0) is 48.6 Å². The summed E-state index contributed by atoms with van der Waals surface area (Å²) in [5.74, 6) is -4.00. The first-order chi connectivity index (χ1) is 25.7. The molecule has 54 heavy (non-hydrogen) atoms. The van der Waals surface area contributed by atoms with Gasteiger partial charge >= 0.3 is 12.0 Å². The smallest absolute Gasteiger partial charge is 0.434 e. The van der Waals surface area contributed by atoms with Crippen LogP contribution in [0.25, 0.3) is 0 Å². The molecular formula is C35H36N4O15. The first kappa shape index (κ1) is 36.9. The third kappa shape index (κ3) is 5.93. The van der Waals surface area contributed by atoms with Crippen molar-refractivity contribution in [2.45, 2.75) is 76.0 Å². The summed E-state index contributed by atoms with van der Waals surface area (Å²) in [6, 6.07) is 3.55. The predicted molar refractivity (Wildman–Crippen MR) is 178 cm³/mol. The van der Waals surface area contributed by atoms with Gasteiger partial charge in [-0.3, -0.25) is 19.3 Å². The number of carbonyl (C=O) groups excluding carboxylic acids is 4. The van der Waals surface area contributed by atoms with E-state index >= 15 is 0 Å². The van der Waals surface area contributed by atoms with E-state index in [2.05, 4.69) is 4.98 Å². The topological polar surface area (TPSA) is 249 Å². The van der Waals surface area contributed by atoms with Crippen molar-refractivity contribution in [1.82, 2.24) is 14.5 Å². The lowest BCUT2D eigenvalue weighted by Crippen LogP contribution is -2.57. The monoisotopic (exact) mass is 752 g/mol. The molecule has 0 radical (unpaired) electrons. The van der Waals surface area contributed by atoms with Gasteiger partial charge in [-0.05, 0) is 24.8 Å². The maximum absolute atomic E-state index is 14.0. The van der Waals surface area contributed by atoms with Crippen molar-refractivity contribution in [1.29, 1.82) is 0 Å². The number of ketones is 3. The van der Waals surface area contributed by atoms with Crippen molar-refractivity contribution in [3.05, 3.63) is 73.6 Å². The van der Waals surface area contributed by atoms with Gasteiger partial charge in [-0.1, -0.05) is 17.1 Å². The van der Waals surface area contributed by atoms with E-state index in [4.69, 9.17) is 28.4 Å². The summed E-state index contributed by atoms with van der Waals surface area (Å²) in [5, 5.41) is 46.2. The number of aliphatic hydroxyl groups is 1. The molecular weight excluding hydrogens is 716 g/mol. The standard InChI is InChI=1S/C35H36N4O15/c1-15-32-20(38(13-50-14-52-32)34(45)51-12-17-11-36-33(37(17)3)39(47)48)8-23(53-15)54-22-10-35(46,16(2)40)9-19-25(22)31(44)27-26(29(19)42)28(41)18-6-5-7-21(49-4)24(18)30(27)43/h5-7,11,15,20,22-23,32,42,44,46H,8-10,12-14H2,1-4H3. The van der Waals surface area contributed by atoms with Crippen LogP contribution in [-0.4, -0.2) is 109 Å². The second-order valence-electron chi connectivity index (χ2n) is 13.5. The van der Waals surface area contributed by atoms with Crippen LogP contribution in [0.5, 0.6) is 17.2 Å². The minimum absolute atomic E-state index is 0.0644. The normalized spacial score (nSPS) is 26.2. The molecule has 19 nitrogen and oxygen atoms in total. The van der Waals surface area contributed by atoms with E-state index in [1.165, 1.54) is 48.0 Å². The van der Waals surface area contributed by atoms with Crippen LogP contribution in [0.2, 0.25) is 0 Å². The highest BCUT2D eigenvalue weighted by atomic mass is 16.7. The molecule has 6 atom stereocenters. The molecule has 2 aromatic carbocycles. The van der Waals surface area contributed by atoms with Gasteiger partial charge < -0.3 is 53.9 Å². The van der Waals surface area contributed by atoms with Crippen molar-refractivity contribution in [3.8, 4) is 17.2 Å². The van der Waals surface area contributed by atoms with Crippen LogP contribution in [0, 0.1) is 10.1 Å². The molecule has 2 fully saturated rings. The summed E-state index contributed by atoms with van der Waals surface area (Å²) >= 11 is 0. The number of hydrogen-bond donors (Lipinski definition) is 3. The van der Waals surface area contributed by atoms with Gasteiger partial charge in [0.25, 0.3) is 0 Å². The molecule has 0 bridgehead atoms. The van der Waals surface area contributed by atoms with Crippen LogP contribution < -0.4 is 4.74 Å². The van der Waals surface area contributed by atoms with Crippen LogP contribution in [0.15, 0.2) is 24.4 Å². The van der Waals surface area contributed by atoms with Crippen molar-refractivity contribution >= 4 is 29.4 Å². The van der Waals surface area contributed by atoms with E-state index in [0.29, 0.717) is 0 Å². The van der Waals surface area contributed by atoms with Gasteiger partial charge in [-0.25, -0.2) is 9.36 Å². The summed E-state index contributed by atoms with van der Waals surface area (Å²) in [4.78, 5) is 69.6. The first-order valence-corrected chi connectivity index (χ1v) is 16.9. The fourth-order valence-electron chi connectivity index (χ4n) is 7.64. The molecule has 1 aromatic heterocycles. The van der Waals surface area contributed by atoms with Crippen molar-refractivity contribution in [2.24, 2.45) is 7.05 Å². The van der Waals surface area contributed by atoms with Gasteiger partial charge in [0.05, 0.1) is 49.1 Å². The zero-order valence-electron chi connectivity index (χ0n) is 29.5. The average Bonchev–Trinajstić information content (AvgIpc) is 3.36. The number of aromatic hydroxyl groups is 2. The maximum atomic E-state index is 14.0. The molecule has 0 saturated carbocycles. The first-order valence-electron chi connectivity index (χ1n) is 16.9. The van der Waals surface area contributed by atoms with Gasteiger partial charge in [0.2, 0.25) is 5.78 Å². The Balaban J connectivity index is 1.22. The molecule has 0 spiro atoms. The third-order valence-corrected chi connectivity index (χ3v) is 10.5. The molecule has 1 amide bonds. The molecule has 4 aliphatic rings. The highest BCUT2D eigenvalue weighted by Gasteiger charge is 2.51. The Kier molecular flexibility index (Phi) is 9.38. The minimum atomic E-state index is -2.13. The molecule has 19 heteroatoms. The number of rotatable bonds is 7. The molecule has 286 valence electrons. The lowest BCUT2D eigenvalue weighted by molar-refractivity contribution is -0.396. The highest BCUT2D eigenvalue weighted by Crippen LogP contribution is 2.52. The number of carbonyl (C=O) groups is 4. The number of hydrogen-bond acceptors (Lipinski definition) is 16. The molecule has 3 N–H and O–H groups in total. The minimum Gasteiger partial charge on any atom is -0.507 e. The number of phenolic OH excluding ortho intramolecular Hbond substituents is 2. The molecule has 2 aliphatic carbocycles. The fourth-order valence-corrected chi connectivity index (χ4v) is 7.64. The van der Waals surface area contributed by atoms with Crippen LogP contribution in [0.1, 0.15) is 81.5 Å². The van der Waals surface area contributed by atoms with Gasteiger partial charge in [-0.15, -0.1) is 0 Å². The summed E-state index contributed by atoms with van der Waals surface area (Å²) < 4.78 is 35.9. The second kappa shape index (κ2) is 13.7. The number of imidazole rings is 1. The van der Waals surface area contributed by atoms with Gasteiger partial charge in [0.15, 0.2) is 30.2 Å². The van der Waals surface area contributed by atoms with Crippen LogP contribution in [0.4, 0.5) is 10.7 Å². The highest BCUT2D eigenvalue weighted by molar-refractivity contribution is 6.31. The number of aromatic nitrogens is 2. The van der Waals surface area contributed by atoms with E-state index in [1.54, 1.807) is 6.92 Å². The average molecular weight is 753 g/mol. The number of fused-ring (bicyclic) bond motifs is 4. The molecule has 2 saturated heterocycles. The van der Waals surface area contributed by atoms with Crippen molar-refractivity contribution in [2.75, 3.05) is 20.6 Å². The number of benzene rings is 2. The quantitative estimate of drug-likeness (QED) is 0.139. The van der Waals surface area contributed by atoms with Gasteiger partial charge in [0, 0.05) is 36.0 Å². The largest absolute Gasteiger partial charge is 0.507 e. The van der Waals surface area contributed by atoms with E-state index in [0.717, 1.165) is 6.92 Å².